The van der Waals surface area contributed by atoms with Crippen molar-refractivity contribution in [3.05, 3.63) is 29.8 Å². The van der Waals surface area contributed by atoms with Gasteiger partial charge in [0, 0.05) is 12.7 Å². The first-order valence-electron chi connectivity index (χ1n) is 7.63. The van der Waals surface area contributed by atoms with E-state index >= 15 is 0 Å². The van der Waals surface area contributed by atoms with Crippen LogP contribution in [0.3, 0.4) is 0 Å². The predicted molar refractivity (Wildman–Crippen MR) is 80.9 cm³/mol. The van der Waals surface area contributed by atoms with Crippen molar-refractivity contribution in [1.82, 2.24) is 0 Å². The molecule has 0 heterocycles. The molecule has 0 radical (unpaired) electrons. The number of carbonyl (C=O) groups is 1. The van der Waals surface area contributed by atoms with Crippen LogP contribution in [0.1, 0.15) is 43.0 Å². The molecule has 1 aliphatic carbocycles. The molecule has 0 amide bonds. The van der Waals surface area contributed by atoms with Crippen molar-refractivity contribution in [2.24, 2.45) is 0 Å². The summed E-state index contributed by atoms with van der Waals surface area (Å²) in [4.78, 5) is 12.1. The molecule has 2 unspecified atom stereocenters. The van der Waals surface area contributed by atoms with Crippen LogP contribution in [0, 0.1) is 0 Å². The van der Waals surface area contributed by atoms with E-state index in [4.69, 9.17) is 14.2 Å². The second kappa shape index (κ2) is 8.15. The van der Waals surface area contributed by atoms with Gasteiger partial charge in [-0.05, 0) is 56.9 Å². The van der Waals surface area contributed by atoms with Crippen molar-refractivity contribution in [2.45, 2.75) is 44.8 Å². The molecule has 0 aliphatic heterocycles. The lowest BCUT2D eigenvalue weighted by Gasteiger charge is -2.27. The normalized spacial score (nSPS) is 22.0. The van der Waals surface area contributed by atoms with Gasteiger partial charge in [-0.15, -0.1) is 0 Å². The fourth-order valence-electron chi connectivity index (χ4n) is 2.65. The summed E-state index contributed by atoms with van der Waals surface area (Å²) in [7, 11) is 1.73. The number of Topliss-reactive ketones (excluding diaryl/α,β-unsaturated/α-hetero) is 1. The van der Waals surface area contributed by atoms with Gasteiger partial charge < -0.3 is 14.2 Å². The van der Waals surface area contributed by atoms with Crippen molar-refractivity contribution < 1.29 is 19.0 Å². The molecule has 4 heteroatoms. The zero-order valence-electron chi connectivity index (χ0n) is 12.8. The van der Waals surface area contributed by atoms with Crippen LogP contribution in [0.15, 0.2) is 24.3 Å². The molecular formula is C17H24O4. The molecule has 0 saturated heterocycles. The fraction of sp³-hybridized carbons (Fsp3) is 0.588. The van der Waals surface area contributed by atoms with Crippen LogP contribution in [0.2, 0.25) is 0 Å². The van der Waals surface area contributed by atoms with Crippen LogP contribution < -0.4 is 4.74 Å². The summed E-state index contributed by atoms with van der Waals surface area (Å²) in [6, 6.07) is 7.21. The van der Waals surface area contributed by atoms with E-state index in [1.807, 2.05) is 19.1 Å². The van der Waals surface area contributed by atoms with Crippen molar-refractivity contribution in [3.63, 3.8) is 0 Å². The molecule has 21 heavy (non-hydrogen) atoms. The van der Waals surface area contributed by atoms with E-state index in [2.05, 4.69) is 0 Å². The van der Waals surface area contributed by atoms with Crippen molar-refractivity contribution in [1.29, 1.82) is 0 Å². The van der Waals surface area contributed by atoms with Gasteiger partial charge in [-0.3, -0.25) is 4.79 Å². The molecule has 0 spiro atoms. The molecule has 2 atom stereocenters. The Morgan fingerprint density at radius 2 is 1.90 bits per heavy atom. The highest BCUT2D eigenvalue weighted by Crippen LogP contribution is 2.23. The van der Waals surface area contributed by atoms with Crippen LogP contribution in [0.25, 0.3) is 0 Å². The molecule has 1 fully saturated rings. The molecule has 0 aromatic heterocycles. The largest absolute Gasteiger partial charge is 0.494 e. The highest BCUT2D eigenvalue weighted by atomic mass is 16.5. The maximum Gasteiger partial charge on any atom is 0.188 e. The highest BCUT2D eigenvalue weighted by molar-refractivity contribution is 5.97. The lowest BCUT2D eigenvalue weighted by atomic mass is 9.95. The number of benzene rings is 1. The Morgan fingerprint density at radius 3 is 2.57 bits per heavy atom. The van der Waals surface area contributed by atoms with Gasteiger partial charge in [0.25, 0.3) is 0 Å². The van der Waals surface area contributed by atoms with Gasteiger partial charge in [-0.25, -0.2) is 0 Å². The standard InChI is InChI=1S/C17H24O4/c1-3-20-14-9-7-13(8-10-14)17(18)12-21-16-6-4-5-15(11-16)19-2/h7-10,15-16H,3-6,11-12H2,1-2H3. The Kier molecular flexibility index (Phi) is 6.21. The summed E-state index contributed by atoms with van der Waals surface area (Å²) in [5, 5.41) is 0. The molecule has 0 N–H and O–H groups in total. The Morgan fingerprint density at radius 1 is 1.19 bits per heavy atom. The smallest absolute Gasteiger partial charge is 0.188 e. The van der Waals surface area contributed by atoms with Gasteiger partial charge >= 0.3 is 0 Å². The van der Waals surface area contributed by atoms with E-state index in [1.54, 1.807) is 19.2 Å². The van der Waals surface area contributed by atoms with Crippen molar-refractivity contribution in [3.8, 4) is 5.75 Å². The lowest BCUT2D eigenvalue weighted by molar-refractivity contribution is -0.0243. The van der Waals surface area contributed by atoms with E-state index < -0.39 is 0 Å². The molecule has 1 aromatic rings. The zero-order chi connectivity index (χ0) is 15.1. The van der Waals surface area contributed by atoms with Crippen LogP contribution in [0.5, 0.6) is 5.75 Å². The number of ketones is 1. The third kappa shape index (κ3) is 4.83. The molecule has 1 aromatic carbocycles. The molecular weight excluding hydrogens is 268 g/mol. The second-order valence-electron chi connectivity index (χ2n) is 5.34. The molecule has 2 rings (SSSR count). The molecule has 1 saturated carbocycles. The first-order valence-corrected chi connectivity index (χ1v) is 7.63. The topological polar surface area (TPSA) is 44.8 Å². The van der Waals surface area contributed by atoms with Crippen LogP contribution in [0.4, 0.5) is 0 Å². The predicted octanol–water partition coefficient (Wildman–Crippen LogP) is 3.24. The van der Waals surface area contributed by atoms with Gasteiger partial charge in [0.1, 0.15) is 12.4 Å². The Balaban J connectivity index is 1.81. The van der Waals surface area contributed by atoms with E-state index in [0.717, 1.165) is 31.4 Å². The Hall–Kier alpha value is -1.39. The van der Waals surface area contributed by atoms with E-state index in [9.17, 15) is 4.79 Å². The number of carbonyl (C=O) groups excluding carboxylic acids is 1. The molecule has 116 valence electrons. The third-order valence-electron chi connectivity index (χ3n) is 3.85. The molecule has 4 nitrogen and oxygen atoms in total. The monoisotopic (exact) mass is 292 g/mol. The van der Waals surface area contributed by atoms with Crippen molar-refractivity contribution in [2.75, 3.05) is 20.3 Å². The van der Waals surface area contributed by atoms with Gasteiger partial charge in [0.15, 0.2) is 5.78 Å². The van der Waals surface area contributed by atoms with Gasteiger partial charge in [-0.1, -0.05) is 0 Å². The maximum atomic E-state index is 12.1. The zero-order valence-corrected chi connectivity index (χ0v) is 12.8. The summed E-state index contributed by atoms with van der Waals surface area (Å²) >= 11 is 0. The fourth-order valence-corrected chi connectivity index (χ4v) is 2.65. The van der Waals surface area contributed by atoms with Crippen LogP contribution in [-0.4, -0.2) is 38.3 Å². The summed E-state index contributed by atoms with van der Waals surface area (Å²) in [5.41, 5.74) is 0.664. The SMILES string of the molecule is CCOc1ccc(C(=O)COC2CCCC(OC)C2)cc1. The quantitative estimate of drug-likeness (QED) is 0.724. The van der Waals surface area contributed by atoms with Crippen LogP contribution in [-0.2, 0) is 9.47 Å². The minimum Gasteiger partial charge on any atom is -0.494 e. The summed E-state index contributed by atoms with van der Waals surface area (Å²) in [5.74, 6) is 0.794. The number of hydrogen-bond acceptors (Lipinski definition) is 4. The van der Waals surface area contributed by atoms with Gasteiger partial charge in [0.2, 0.25) is 0 Å². The first-order chi connectivity index (χ1) is 10.2. The number of rotatable bonds is 7. The van der Waals surface area contributed by atoms with Gasteiger partial charge in [-0.2, -0.15) is 0 Å². The highest BCUT2D eigenvalue weighted by Gasteiger charge is 2.23. The molecule has 0 bridgehead atoms. The minimum atomic E-state index is 0.0117. The Bertz CT molecular complexity index is 441. The molecule has 1 aliphatic rings. The Labute approximate surface area is 126 Å². The third-order valence-corrected chi connectivity index (χ3v) is 3.85. The number of hydrogen-bond donors (Lipinski definition) is 0. The number of methoxy groups -OCH3 is 1. The van der Waals surface area contributed by atoms with E-state index in [1.165, 1.54) is 0 Å². The van der Waals surface area contributed by atoms with Gasteiger partial charge in [0.05, 0.1) is 18.8 Å². The minimum absolute atomic E-state index is 0.0117. The lowest BCUT2D eigenvalue weighted by Crippen LogP contribution is -2.29. The first kappa shape index (κ1) is 16.0. The number of ether oxygens (including phenoxy) is 3. The summed E-state index contributed by atoms with van der Waals surface area (Å²) in [6.07, 6.45) is 4.48. The summed E-state index contributed by atoms with van der Waals surface area (Å²) in [6.45, 7) is 2.69. The van der Waals surface area contributed by atoms with E-state index in [-0.39, 0.29) is 24.6 Å². The summed E-state index contributed by atoms with van der Waals surface area (Å²) < 4.78 is 16.5. The second-order valence-corrected chi connectivity index (χ2v) is 5.34. The maximum absolute atomic E-state index is 12.1. The van der Waals surface area contributed by atoms with Crippen LogP contribution >= 0.6 is 0 Å². The van der Waals surface area contributed by atoms with E-state index in [0.29, 0.717) is 12.2 Å². The average Bonchev–Trinajstić information content (AvgIpc) is 2.54. The average molecular weight is 292 g/mol. The van der Waals surface area contributed by atoms with Crippen molar-refractivity contribution >= 4 is 5.78 Å².